The Balaban J connectivity index is 0.00000116. The highest BCUT2D eigenvalue weighted by Crippen LogP contribution is 2.35. The maximum Gasteiger partial charge on any atom is 0.433 e. The van der Waals surface area contributed by atoms with Crippen molar-refractivity contribution in [2.45, 2.75) is 33.1 Å². The zero-order chi connectivity index (χ0) is 16.9. The van der Waals surface area contributed by atoms with Crippen molar-refractivity contribution in [1.29, 1.82) is 0 Å². The molecule has 1 atom stereocenters. The highest BCUT2D eigenvalue weighted by atomic mass is 19.4. The van der Waals surface area contributed by atoms with E-state index in [1.807, 2.05) is 13.8 Å². The Labute approximate surface area is 126 Å². The van der Waals surface area contributed by atoms with Crippen molar-refractivity contribution in [1.82, 2.24) is 9.78 Å². The van der Waals surface area contributed by atoms with Gasteiger partial charge in [0.1, 0.15) is 23.3 Å². The van der Waals surface area contributed by atoms with Gasteiger partial charge in [0.2, 0.25) is 0 Å². The van der Waals surface area contributed by atoms with Crippen LogP contribution in [0.1, 0.15) is 38.3 Å². The van der Waals surface area contributed by atoms with E-state index in [-0.39, 0.29) is 17.1 Å². The molecule has 1 heterocycles. The minimum absolute atomic E-state index is 0.106. The second kappa shape index (κ2) is 7.29. The summed E-state index contributed by atoms with van der Waals surface area (Å²) >= 11 is 0. The van der Waals surface area contributed by atoms with E-state index >= 15 is 0 Å². The molecule has 0 fully saturated rings. The number of aromatic nitrogens is 2. The number of halogens is 4. The standard InChI is InChI=1S/C13H12F4N2O.C2H6/c1-8(14)9-7-12(13(15,16)17)19(18-9)10-5-3-4-6-11(10)20-2;1-2/h3-8H,1-2H3;1-2H3. The number of rotatable bonds is 3. The smallest absolute Gasteiger partial charge is 0.433 e. The molecule has 0 saturated carbocycles. The van der Waals surface area contributed by atoms with Crippen molar-refractivity contribution in [2.75, 3.05) is 7.11 Å². The molecule has 0 bridgehead atoms. The molecule has 0 N–H and O–H groups in total. The number of methoxy groups -OCH3 is 1. The van der Waals surface area contributed by atoms with E-state index in [1.165, 1.54) is 19.2 Å². The SMILES string of the molecule is CC.COc1ccccc1-n1nc(C(C)F)cc1C(F)(F)F. The van der Waals surface area contributed by atoms with Gasteiger partial charge in [-0.05, 0) is 25.1 Å². The van der Waals surface area contributed by atoms with Gasteiger partial charge in [0, 0.05) is 0 Å². The number of nitrogens with zero attached hydrogens (tertiary/aromatic N) is 2. The third kappa shape index (κ3) is 3.78. The Hall–Kier alpha value is -2.05. The van der Waals surface area contributed by atoms with E-state index in [0.29, 0.717) is 10.7 Å². The Morgan fingerprint density at radius 1 is 1.18 bits per heavy atom. The number of hydrogen-bond acceptors (Lipinski definition) is 2. The van der Waals surface area contributed by atoms with Gasteiger partial charge in [0.25, 0.3) is 0 Å². The second-order valence-electron chi connectivity index (χ2n) is 4.15. The van der Waals surface area contributed by atoms with Gasteiger partial charge >= 0.3 is 6.18 Å². The molecular weight excluding hydrogens is 300 g/mol. The summed E-state index contributed by atoms with van der Waals surface area (Å²) < 4.78 is 58.0. The Morgan fingerprint density at radius 3 is 2.27 bits per heavy atom. The lowest BCUT2D eigenvalue weighted by atomic mass is 10.2. The lowest BCUT2D eigenvalue weighted by Crippen LogP contribution is -2.13. The van der Waals surface area contributed by atoms with Gasteiger partial charge in [0.05, 0.1) is 12.8 Å². The number of ether oxygens (including phenoxy) is 1. The molecular formula is C15H18F4N2O. The van der Waals surface area contributed by atoms with Gasteiger partial charge in [-0.25, -0.2) is 9.07 Å². The van der Waals surface area contributed by atoms with Gasteiger partial charge in [0.15, 0.2) is 0 Å². The summed E-state index contributed by atoms with van der Waals surface area (Å²) in [6, 6.07) is 6.82. The molecule has 22 heavy (non-hydrogen) atoms. The average molecular weight is 318 g/mol. The van der Waals surface area contributed by atoms with Crippen molar-refractivity contribution in [3.63, 3.8) is 0 Å². The van der Waals surface area contributed by atoms with E-state index in [4.69, 9.17) is 4.74 Å². The predicted octanol–water partition coefficient (Wildman–Crippen LogP) is 4.96. The van der Waals surface area contributed by atoms with E-state index in [1.54, 1.807) is 12.1 Å². The van der Waals surface area contributed by atoms with E-state index in [0.717, 1.165) is 6.92 Å². The molecule has 3 nitrogen and oxygen atoms in total. The molecule has 0 radical (unpaired) electrons. The molecule has 0 spiro atoms. The molecule has 2 aromatic rings. The molecule has 0 amide bonds. The number of alkyl halides is 4. The highest BCUT2D eigenvalue weighted by molar-refractivity contribution is 5.47. The minimum Gasteiger partial charge on any atom is -0.494 e. The first-order chi connectivity index (χ1) is 10.3. The summed E-state index contributed by atoms with van der Waals surface area (Å²) in [5.74, 6) is 0.221. The van der Waals surface area contributed by atoms with Crippen molar-refractivity contribution in [3.8, 4) is 11.4 Å². The van der Waals surface area contributed by atoms with Crippen LogP contribution in [0.25, 0.3) is 5.69 Å². The summed E-state index contributed by atoms with van der Waals surface area (Å²) in [6.45, 7) is 5.13. The summed E-state index contributed by atoms with van der Waals surface area (Å²) in [5, 5.41) is 3.70. The maximum absolute atomic E-state index is 13.2. The molecule has 1 unspecified atom stereocenters. The monoisotopic (exact) mass is 318 g/mol. The number of benzene rings is 1. The van der Waals surface area contributed by atoms with Crippen LogP contribution in [0.15, 0.2) is 30.3 Å². The van der Waals surface area contributed by atoms with E-state index in [9.17, 15) is 17.6 Å². The van der Waals surface area contributed by atoms with Crippen LogP contribution < -0.4 is 4.74 Å². The summed E-state index contributed by atoms with van der Waals surface area (Å²) in [4.78, 5) is 0. The quantitative estimate of drug-likeness (QED) is 0.748. The summed E-state index contributed by atoms with van der Waals surface area (Å²) in [5.41, 5.74) is -1.21. The molecule has 2 rings (SSSR count). The Bertz CT molecular complexity index is 606. The van der Waals surface area contributed by atoms with E-state index < -0.39 is 18.0 Å². The maximum atomic E-state index is 13.2. The van der Waals surface area contributed by atoms with Crippen LogP contribution in [0.2, 0.25) is 0 Å². The molecule has 0 aliphatic heterocycles. The van der Waals surface area contributed by atoms with Crippen LogP contribution in [0.3, 0.4) is 0 Å². The van der Waals surface area contributed by atoms with Crippen LogP contribution >= 0.6 is 0 Å². The average Bonchev–Trinajstić information content (AvgIpc) is 2.94. The minimum atomic E-state index is -4.64. The third-order valence-corrected chi connectivity index (χ3v) is 2.74. The molecule has 1 aromatic carbocycles. The van der Waals surface area contributed by atoms with Gasteiger partial charge in [-0.2, -0.15) is 18.3 Å². The molecule has 0 aliphatic rings. The fraction of sp³-hybridized carbons (Fsp3) is 0.400. The zero-order valence-corrected chi connectivity index (χ0v) is 12.8. The van der Waals surface area contributed by atoms with E-state index in [2.05, 4.69) is 5.10 Å². The molecule has 122 valence electrons. The lowest BCUT2D eigenvalue weighted by molar-refractivity contribution is -0.142. The van der Waals surface area contributed by atoms with Crippen molar-refractivity contribution < 1.29 is 22.3 Å². The van der Waals surface area contributed by atoms with Crippen molar-refractivity contribution >= 4 is 0 Å². The molecule has 7 heteroatoms. The fourth-order valence-electron chi connectivity index (χ4n) is 1.78. The Morgan fingerprint density at radius 2 is 1.77 bits per heavy atom. The van der Waals surface area contributed by atoms with Crippen LogP contribution in [-0.4, -0.2) is 16.9 Å². The van der Waals surface area contributed by atoms with Gasteiger partial charge in [-0.1, -0.05) is 26.0 Å². The first-order valence-electron chi connectivity index (χ1n) is 6.79. The lowest BCUT2D eigenvalue weighted by Gasteiger charge is -2.12. The van der Waals surface area contributed by atoms with Crippen molar-refractivity contribution in [2.24, 2.45) is 0 Å². The van der Waals surface area contributed by atoms with Gasteiger partial charge < -0.3 is 4.74 Å². The van der Waals surface area contributed by atoms with Crippen molar-refractivity contribution in [3.05, 3.63) is 41.7 Å². The molecule has 0 saturated heterocycles. The normalized spacial score (nSPS) is 12.4. The first kappa shape index (κ1) is 18.0. The van der Waals surface area contributed by atoms with Crippen LogP contribution in [-0.2, 0) is 6.18 Å². The van der Waals surface area contributed by atoms with Gasteiger partial charge in [-0.15, -0.1) is 0 Å². The largest absolute Gasteiger partial charge is 0.494 e. The third-order valence-electron chi connectivity index (χ3n) is 2.74. The molecule has 1 aromatic heterocycles. The summed E-state index contributed by atoms with van der Waals surface area (Å²) in [6.07, 6.45) is -6.23. The molecule has 0 aliphatic carbocycles. The summed E-state index contributed by atoms with van der Waals surface area (Å²) in [7, 11) is 1.34. The first-order valence-corrected chi connectivity index (χ1v) is 6.79. The number of hydrogen-bond donors (Lipinski definition) is 0. The topological polar surface area (TPSA) is 27.1 Å². The second-order valence-corrected chi connectivity index (χ2v) is 4.15. The Kier molecular flexibility index (Phi) is 5.96. The zero-order valence-electron chi connectivity index (χ0n) is 12.8. The van der Waals surface area contributed by atoms with Crippen LogP contribution in [0.4, 0.5) is 17.6 Å². The number of para-hydroxylation sites is 2. The highest BCUT2D eigenvalue weighted by Gasteiger charge is 2.37. The van der Waals surface area contributed by atoms with Crippen LogP contribution in [0.5, 0.6) is 5.75 Å². The van der Waals surface area contributed by atoms with Crippen LogP contribution in [0, 0.1) is 0 Å². The van der Waals surface area contributed by atoms with Gasteiger partial charge in [-0.3, -0.25) is 0 Å². The fourth-order valence-corrected chi connectivity index (χ4v) is 1.78. The predicted molar refractivity (Wildman–Crippen MR) is 76.0 cm³/mol.